The molecule has 0 aromatic heterocycles. The molecular weight excluding hydrogens is 853 g/mol. The Bertz CT molecular complexity index is 1330. The van der Waals surface area contributed by atoms with Crippen LogP contribution in [-0.4, -0.2) is 37.2 Å². The second-order valence-electron chi connectivity index (χ2n) is 19.2. The molecule has 0 aromatic rings. The molecule has 0 N–H and O–H groups in total. The second-order valence-corrected chi connectivity index (χ2v) is 19.2. The fraction of sp³-hybridized carbons (Fsp3) is 0.730. The fourth-order valence-electron chi connectivity index (χ4n) is 7.97. The van der Waals surface area contributed by atoms with Gasteiger partial charge in [0.2, 0.25) is 0 Å². The van der Waals surface area contributed by atoms with Crippen molar-refractivity contribution in [1.29, 1.82) is 0 Å². The average Bonchev–Trinajstić information content (AvgIpc) is 3.35. The standard InChI is InChI=1S/C63H108O6/c1-4-7-10-13-16-19-22-25-28-30-31-33-36-39-42-45-48-51-54-57-63(66)69-60(58-67-61(64)55-52-49-46-43-40-37-34-27-24-21-18-15-12-9-6-3)59-68-62(65)56-53-50-47-44-41-38-35-32-29-26-23-20-17-14-11-8-5-2/h17-18,20-21,26-27,29,34-35,38,40,43-44,47,60H,4-16,19,22-25,28,30-33,36-37,39,41-42,45-46,48-59H2,1-3H3/b20-17-,21-18-,29-26-,34-27-,38-35-,43-40-,47-44-/t60-/m0/s1. The molecule has 0 aromatic carbocycles. The van der Waals surface area contributed by atoms with Crippen LogP contribution in [0.25, 0.3) is 0 Å². The van der Waals surface area contributed by atoms with Gasteiger partial charge in [-0.3, -0.25) is 14.4 Å². The van der Waals surface area contributed by atoms with Crippen molar-refractivity contribution < 1.29 is 28.6 Å². The number of hydrogen-bond acceptors (Lipinski definition) is 6. The van der Waals surface area contributed by atoms with Gasteiger partial charge in [-0.2, -0.15) is 0 Å². The summed E-state index contributed by atoms with van der Waals surface area (Å²) in [6.07, 6.45) is 74.4. The van der Waals surface area contributed by atoms with E-state index in [4.69, 9.17) is 14.2 Å². The second kappa shape index (κ2) is 57.2. The number of carbonyl (C=O) groups is 3. The van der Waals surface area contributed by atoms with Crippen molar-refractivity contribution in [2.75, 3.05) is 13.2 Å². The number of rotatable bonds is 52. The molecule has 0 saturated carbocycles. The third-order valence-electron chi connectivity index (χ3n) is 12.4. The van der Waals surface area contributed by atoms with Crippen molar-refractivity contribution in [3.63, 3.8) is 0 Å². The summed E-state index contributed by atoms with van der Waals surface area (Å²) in [6, 6.07) is 0. The highest BCUT2D eigenvalue weighted by atomic mass is 16.6. The van der Waals surface area contributed by atoms with Crippen molar-refractivity contribution in [2.45, 2.75) is 284 Å². The number of esters is 3. The molecular formula is C63H108O6. The summed E-state index contributed by atoms with van der Waals surface area (Å²) in [4.78, 5) is 38.1. The minimum absolute atomic E-state index is 0.112. The van der Waals surface area contributed by atoms with Crippen LogP contribution in [0.15, 0.2) is 85.1 Å². The normalized spacial score (nSPS) is 12.7. The molecule has 0 aliphatic carbocycles. The van der Waals surface area contributed by atoms with Crippen LogP contribution in [0, 0.1) is 0 Å². The van der Waals surface area contributed by atoms with Gasteiger partial charge < -0.3 is 14.2 Å². The first-order valence-electron chi connectivity index (χ1n) is 29.1. The Kier molecular flexibility index (Phi) is 54.3. The van der Waals surface area contributed by atoms with Gasteiger partial charge >= 0.3 is 17.9 Å². The molecule has 0 aliphatic heterocycles. The molecule has 0 radical (unpaired) electrons. The van der Waals surface area contributed by atoms with Crippen LogP contribution in [0.2, 0.25) is 0 Å². The first-order chi connectivity index (χ1) is 34.0. The Hall–Kier alpha value is -3.41. The number of hydrogen-bond donors (Lipinski definition) is 0. The van der Waals surface area contributed by atoms with E-state index < -0.39 is 6.10 Å². The maximum atomic E-state index is 12.9. The summed E-state index contributed by atoms with van der Waals surface area (Å²) in [6.45, 7) is 6.52. The van der Waals surface area contributed by atoms with E-state index in [9.17, 15) is 14.4 Å². The lowest BCUT2D eigenvalue weighted by molar-refractivity contribution is -0.167. The van der Waals surface area contributed by atoms with E-state index >= 15 is 0 Å². The van der Waals surface area contributed by atoms with Gasteiger partial charge in [0.05, 0.1) is 0 Å². The molecule has 0 fully saturated rings. The maximum absolute atomic E-state index is 12.9. The molecule has 396 valence electrons. The fourth-order valence-corrected chi connectivity index (χ4v) is 7.97. The maximum Gasteiger partial charge on any atom is 0.306 e. The molecule has 69 heavy (non-hydrogen) atoms. The largest absolute Gasteiger partial charge is 0.462 e. The van der Waals surface area contributed by atoms with Crippen LogP contribution in [0.3, 0.4) is 0 Å². The van der Waals surface area contributed by atoms with Gasteiger partial charge in [0.1, 0.15) is 13.2 Å². The topological polar surface area (TPSA) is 78.9 Å². The predicted molar refractivity (Wildman–Crippen MR) is 297 cm³/mol. The van der Waals surface area contributed by atoms with Crippen LogP contribution in [0.5, 0.6) is 0 Å². The summed E-state index contributed by atoms with van der Waals surface area (Å²) in [5.41, 5.74) is 0. The zero-order valence-corrected chi connectivity index (χ0v) is 45.3. The Morgan fingerprint density at radius 1 is 0.290 bits per heavy atom. The van der Waals surface area contributed by atoms with Gasteiger partial charge in [0.15, 0.2) is 6.10 Å². The molecule has 0 spiro atoms. The monoisotopic (exact) mass is 961 g/mol. The van der Waals surface area contributed by atoms with E-state index in [2.05, 4.69) is 106 Å². The molecule has 0 bridgehead atoms. The van der Waals surface area contributed by atoms with E-state index in [1.165, 1.54) is 154 Å². The lowest BCUT2D eigenvalue weighted by Crippen LogP contribution is -2.30. The summed E-state index contributed by atoms with van der Waals surface area (Å²) in [5.74, 6) is -0.995. The zero-order chi connectivity index (χ0) is 50.0. The Morgan fingerprint density at radius 3 is 0.899 bits per heavy atom. The van der Waals surface area contributed by atoms with Crippen LogP contribution >= 0.6 is 0 Å². The van der Waals surface area contributed by atoms with E-state index in [0.29, 0.717) is 19.3 Å². The van der Waals surface area contributed by atoms with Gasteiger partial charge in [-0.15, -0.1) is 0 Å². The van der Waals surface area contributed by atoms with Crippen LogP contribution in [0.1, 0.15) is 278 Å². The minimum atomic E-state index is -0.813. The van der Waals surface area contributed by atoms with Crippen molar-refractivity contribution >= 4 is 17.9 Å². The molecule has 6 nitrogen and oxygen atoms in total. The highest BCUT2D eigenvalue weighted by molar-refractivity contribution is 5.71. The van der Waals surface area contributed by atoms with Crippen molar-refractivity contribution in [3.8, 4) is 0 Å². The Balaban J connectivity index is 4.49. The Labute approximate surface area is 426 Å². The smallest absolute Gasteiger partial charge is 0.306 e. The highest BCUT2D eigenvalue weighted by Gasteiger charge is 2.19. The quantitative estimate of drug-likeness (QED) is 0.0262. The molecule has 0 saturated heterocycles. The number of carbonyl (C=O) groups excluding carboxylic acids is 3. The molecule has 0 amide bonds. The summed E-state index contributed by atoms with van der Waals surface area (Å²) in [5, 5.41) is 0. The van der Waals surface area contributed by atoms with Gasteiger partial charge in [-0.25, -0.2) is 0 Å². The molecule has 0 unspecified atom stereocenters. The SMILES string of the molecule is CCCCC/C=C\C/C=C\C/C=C\C/C=C\CCCC(=O)OC[C@H](COC(=O)CCCC/C=C\C/C=C\C/C=C\CCCCC)OC(=O)CCCCCCCCCCCCCCCCCCCCC. The van der Waals surface area contributed by atoms with E-state index in [1.54, 1.807) is 0 Å². The molecule has 0 rings (SSSR count). The first kappa shape index (κ1) is 65.6. The lowest BCUT2D eigenvalue weighted by Gasteiger charge is -2.18. The average molecular weight is 962 g/mol. The van der Waals surface area contributed by atoms with Crippen molar-refractivity contribution in [1.82, 2.24) is 0 Å². The molecule has 0 heterocycles. The number of allylic oxidation sites excluding steroid dienone is 14. The predicted octanol–water partition coefficient (Wildman–Crippen LogP) is 19.5. The highest BCUT2D eigenvalue weighted by Crippen LogP contribution is 2.16. The number of ether oxygens (including phenoxy) is 3. The lowest BCUT2D eigenvalue weighted by atomic mass is 10.0. The Morgan fingerprint density at radius 2 is 0.536 bits per heavy atom. The van der Waals surface area contributed by atoms with Crippen molar-refractivity contribution in [2.24, 2.45) is 0 Å². The first-order valence-corrected chi connectivity index (χ1v) is 29.1. The molecule has 6 heteroatoms. The van der Waals surface area contributed by atoms with Gasteiger partial charge in [-0.05, 0) is 96.3 Å². The molecule has 0 aliphatic rings. The minimum Gasteiger partial charge on any atom is -0.462 e. The van der Waals surface area contributed by atoms with Gasteiger partial charge in [0.25, 0.3) is 0 Å². The summed E-state index contributed by atoms with van der Waals surface area (Å²) >= 11 is 0. The van der Waals surface area contributed by atoms with E-state index in [1.807, 2.05) is 0 Å². The zero-order valence-electron chi connectivity index (χ0n) is 45.3. The number of unbranched alkanes of at least 4 members (excludes halogenated alkanes) is 27. The summed E-state index contributed by atoms with van der Waals surface area (Å²) in [7, 11) is 0. The molecule has 1 atom stereocenters. The van der Waals surface area contributed by atoms with Crippen molar-refractivity contribution in [3.05, 3.63) is 85.1 Å². The van der Waals surface area contributed by atoms with Crippen LogP contribution in [-0.2, 0) is 28.6 Å². The van der Waals surface area contributed by atoms with Gasteiger partial charge in [-0.1, -0.05) is 247 Å². The third kappa shape index (κ3) is 55.4. The van der Waals surface area contributed by atoms with E-state index in [-0.39, 0.29) is 37.5 Å². The van der Waals surface area contributed by atoms with Crippen LogP contribution < -0.4 is 0 Å². The summed E-state index contributed by atoms with van der Waals surface area (Å²) < 4.78 is 16.8. The van der Waals surface area contributed by atoms with Gasteiger partial charge in [0, 0.05) is 19.3 Å². The van der Waals surface area contributed by atoms with E-state index in [0.717, 1.165) is 77.0 Å². The third-order valence-corrected chi connectivity index (χ3v) is 12.4. The van der Waals surface area contributed by atoms with Crippen LogP contribution in [0.4, 0.5) is 0 Å².